The van der Waals surface area contributed by atoms with E-state index in [1.165, 1.54) is 0 Å². The number of nitrogens with one attached hydrogen (secondary N) is 1. The molecule has 1 heterocycles. The lowest BCUT2D eigenvalue weighted by atomic mass is 10.1. The van der Waals surface area contributed by atoms with Crippen LogP contribution in [0.15, 0.2) is 24.3 Å². The minimum absolute atomic E-state index is 0.125. The summed E-state index contributed by atoms with van der Waals surface area (Å²) in [6.45, 7) is 1.60. The Hall–Kier alpha value is -2.41. The average Bonchev–Trinajstić information content (AvgIpc) is 2.93. The number of rotatable bonds is 7. The first-order valence-electron chi connectivity index (χ1n) is 6.66. The monoisotopic (exact) mass is 289 g/mol. The largest absolute Gasteiger partial charge is 0.494 e. The molecule has 1 amide bonds. The summed E-state index contributed by atoms with van der Waals surface area (Å²) in [6, 6.07) is 7.36. The van der Waals surface area contributed by atoms with Gasteiger partial charge in [0.25, 0.3) is 5.91 Å². The fourth-order valence-electron chi connectivity index (χ4n) is 1.91. The second kappa shape index (κ2) is 6.85. The minimum Gasteiger partial charge on any atom is -0.494 e. The second-order valence-electron chi connectivity index (χ2n) is 4.92. The van der Waals surface area contributed by atoms with Gasteiger partial charge in [-0.05, 0) is 32.6 Å². The Morgan fingerprint density at radius 3 is 2.90 bits per heavy atom. The standard InChI is InChI=1S/C14H19N5O2/c1-19(2)7-4-8-21-11-6-3-5-10(9-11)12-13(14(15)20)17-18-16-12/h3,5-6,9H,4,7-8H2,1-2H3,(H2,15,20)(H,16,17,18). The van der Waals surface area contributed by atoms with Gasteiger partial charge in [0, 0.05) is 12.1 Å². The molecular formula is C14H19N5O2. The van der Waals surface area contributed by atoms with Gasteiger partial charge in [-0.15, -0.1) is 0 Å². The van der Waals surface area contributed by atoms with Crippen molar-refractivity contribution in [2.24, 2.45) is 5.73 Å². The van der Waals surface area contributed by atoms with Crippen molar-refractivity contribution in [1.82, 2.24) is 20.3 Å². The van der Waals surface area contributed by atoms with Crippen molar-refractivity contribution in [2.45, 2.75) is 6.42 Å². The van der Waals surface area contributed by atoms with E-state index in [1.807, 2.05) is 38.4 Å². The Morgan fingerprint density at radius 2 is 2.19 bits per heavy atom. The number of nitrogens with zero attached hydrogens (tertiary/aromatic N) is 3. The highest BCUT2D eigenvalue weighted by molar-refractivity contribution is 5.96. The topological polar surface area (TPSA) is 97.1 Å². The summed E-state index contributed by atoms with van der Waals surface area (Å²) in [5.74, 6) is 0.112. The first-order chi connectivity index (χ1) is 10.1. The van der Waals surface area contributed by atoms with Crippen molar-refractivity contribution in [3.63, 3.8) is 0 Å². The van der Waals surface area contributed by atoms with Crippen LogP contribution in [0.2, 0.25) is 0 Å². The van der Waals surface area contributed by atoms with Crippen LogP contribution in [-0.2, 0) is 0 Å². The van der Waals surface area contributed by atoms with Crippen molar-refractivity contribution >= 4 is 5.91 Å². The third-order valence-electron chi connectivity index (χ3n) is 2.91. The van der Waals surface area contributed by atoms with Gasteiger partial charge in [-0.2, -0.15) is 15.4 Å². The van der Waals surface area contributed by atoms with Gasteiger partial charge in [-0.3, -0.25) is 4.79 Å². The normalized spacial score (nSPS) is 10.8. The van der Waals surface area contributed by atoms with Gasteiger partial charge in [-0.1, -0.05) is 12.1 Å². The highest BCUT2D eigenvalue weighted by Crippen LogP contribution is 2.24. The van der Waals surface area contributed by atoms with Crippen molar-refractivity contribution in [2.75, 3.05) is 27.2 Å². The molecule has 0 aliphatic carbocycles. The molecule has 2 aromatic rings. The van der Waals surface area contributed by atoms with E-state index in [0.717, 1.165) is 24.3 Å². The van der Waals surface area contributed by atoms with E-state index in [-0.39, 0.29) is 5.69 Å². The highest BCUT2D eigenvalue weighted by Gasteiger charge is 2.15. The Bertz CT molecular complexity index is 609. The number of hydrogen-bond donors (Lipinski definition) is 2. The number of aromatic amines is 1. The van der Waals surface area contributed by atoms with E-state index in [2.05, 4.69) is 20.3 Å². The number of amides is 1. The molecule has 2 rings (SSSR count). The quantitative estimate of drug-likeness (QED) is 0.738. The van der Waals surface area contributed by atoms with Gasteiger partial charge < -0.3 is 15.4 Å². The molecule has 7 heteroatoms. The Balaban J connectivity index is 2.07. The highest BCUT2D eigenvalue weighted by atomic mass is 16.5. The zero-order valence-corrected chi connectivity index (χ0v) is 12.2. The van der Waals surface area contributed by atoms with Crippen molar-refractivity contribution in [3.05, 3.63) is 30.0 Å². The zero-order valence-electron chi connectivity index (χ0n) is 12.2. The number of benzene rings is 1. The number of ether oxygens (including phenoxy) is 1. The number of nitrogens with two attached hydrogens (primary N) is 1. The smallest absolute Gasteiger partial charge is 0.271 e. The number of hydrogen-bond acceptors (Lipinski definition) is 5. The summed E-state index contributed by atoms with van der Waals surface area (Å²) in [5, 5.41) is 10.1. The molecule has 0 unspecified atom stereocenters. The summed E-state index contributed by atoms with van der Waals surface area (Å²) in [4.78, 5) is 13.4. The van der Waals surface area contributed by atoms with Crippen molar-refractivity contribution < 1.29 is 9.53 Å². The van der Waals surface area contributed by atoms with Gasteiger partial charge in [0.15, 0.2) is 5.69 Å². The molecule has 1 aromatic carbocycles. The molecule has 0 aliphatic rings. The average molecular weight is 289 g/mol. The van der Waals surface area contributed by atoms with Crippen molar-refractivity contribution in [1.29, 1.82) is 0 Å². The molecular weight excluding hydrogens is 270 g/mol. The number of primary amides is 1. The molecule has 0 aliphatic heterocycles. The summed E-state index contributed by atoms with van der Waals surface area (Å²) < 4.78 is 5.69. The molecule has 1 aromatic heterocycles. The second-order valence-corrected chi connectivity index (χ2v) is 4.92. The zero-order chi connectivity index (χ0) is 15.2. The van der Waals surface area contributed by atoms with Crippen LogP contribution in [0.3, 0.4) is 0 Å². The lowest BCUT2D eigenvalue weighted by Crippen LogP contribution is -2.15. The number of carbonyl (C=O) groups is 1. The number of carbonyl (C=O) groups excluding carboxylic acids is 1. The lowest BCUT2D eigenvalue weighted by molar-refractivity contribution is 0.0996. The van der Waals surface area contributed by atoms with Crippen LogP contribution < -0.4 is 10.5 Å². The first-order valence-corrected chi connectivity index (χ1v) is 6.66. The Labute approximate surface area is 123 Å². The molecule has 0 bridgehead atoms. The maximum atomic E-state index is 11.3. The molecule has 3 N–H and O–H groups in total. The van der Waals surface area contributed by atoms with Gasteiger partial charge >= 0.3 is 0 Å². The molecule has 0 spiro atoms. The predicted octanol–water partition coefficient (Wildman–Crippen LogP) is 0.901. The first kappa shape index (κ1) is 15.0. The maximum Gasteiger partial charge on any atom is 0.271 e. The Kier molecular flexibility index (Phi) is 4.89. The molecule has 0 saturated carbocycles. The van der Waals surface area contributed by atoms with E-state index in [0.29, 0.717) is 12.3 Å². The minimum atomic E-state index is -0.615. The van der Waals surface area contributed by atoms with Crippen LogP contribution in [0.25, 0.3) is 11.3 Å². The van der Waals surface area contributed by atoms with Gasteiger partial charge in [0.2, 0.25) is 0 Å². The van der Waals surface area contributed by atoms with E-state index in [9.17, 15) is 4.79 Å². The van der Waals surface area contributed by atoms with Crippen LogP contribution in [-0.4, -0.2) is 53.5 Å². The fourth-order valence-corrected chi connectivity index (χ4v) is 1.91. The maximum absolute atomic E-state index is 11.3. The fraction of sp³-hybridized carbons (Fsp3) is 0.357. The van der Waals surface area contributed by atoms with Gasteiger partial charge in [0.1, 0.15) is 11.4 Å². The van der Waals surface area contributed by atoms with Crippen LogP contribution in [0.5, 0.6) is 5.75 Å². The van der Waals surface area contributed by atoms with Gasteiger partial charge in [0.05, 0.1) is 6.61 Å². The molecule has 0 radical (unpaired) electrons. The van der Waals surface area contributed by atoms with Crippen LogP contribution in [0.1, 0.15) is 16.9 Å². The van der Waals surface area contributed by atoms with E-state index in [1.54, 1.807) is 0 Å². The SMILES string of the molecule is CN(C)CCCOc1cccc(-c2n[nH]nc2C(N)=O)c1. The molecule has 112 valence electrons. The predicted molar refractivity (Wildman–Crippen MR) is 79.0 cm³/mol. The molecule has 0 fully saturated rings. The van der Waals surface area contributed by atoms with E-state index in [4.69, 9.17) is 10.5 Å². The third-order valence-corrected chi connectivity index (χ3v) is 2.91. The van der Waals surface area contributed by atoms with Gasteiger partial charge in [-0.25, -0.2) is 0 Å². The summed E-state index contributed by atoms with van der Waals surface area (Å²) in [6.07, 6.45) is 0.938. The molecule has 7 nitrogen and oxygen atoms in total. The molecule has 0 saturated heterocycles. The Morgan fingerprint density at radius 1 is 1.38 bits per heavy atom. The van der Waals surface area contributed by atoms with E-state index < -0.39 is 5.91 Å². The number of aromatic nitrogens is 3. The van der Waals surface area contributed by atoms with Crippen LogP contribution in [0, 0.1) is 0 Å². The molecule has 21 heavy (non-hydrogen) atoms. The summed E-state index contributed by atoms with van der Waals surface area (Å²) in [7, 11) is 4.05. The third kappa shape index (κ3) is 4.03. The molecule has 0 atom stereocenters. The van der Waals surface area contributed by atoms with Crippen molar-refractivity contribution in [3.8, 4) is 17.0 Å². The van der Waals surface area contributed by atoms with Crippen LogP contribution >= 0.6 is 0 Å². The van der Waals surface area contributed by atoms with E-state index >= 15 is 0 Å². The summed E-state index contributed by atoms with van der Waals surface area (Å²) in [5.41, 5.74) is 6.56. The lowest BCUT2D eigenvalue weighted by Gasteiger charge is -2.10. The van der Waals surface area contributed by atoms with Crippen LogP contribution in [0.4, 0.5) is 0 Å². The summed E-state index contributed by atoms with van der Waals surface area (Å²) >= 11 is 0. The number of H-pyrrole nitrogens is 1.